The minimum atomic E-state index is 0.498. The Kier molecular flexibility index (Phi) is 2.04. The first-order valence-electron chi connectivity index (χ1n) is 4.39. The topological polar surface area (TPSA) is 25.8 Å². The Morgan fingerprint density at radius 3 is 2.77 bits per heavy atom. The average Bonchev–Trinajstić information content (AvgIpc) is 2.53. The van der Waals surface area contributed by atoms with Crippen molar-refractivity contribution < 1.29 is 0 Å². The van der Waals surface area contributed by atoms with E-state index in [1.54, 1.807) is 11.3 Å². The van der Waals surface area contributed by atoms with Crippen LogP contribution in [0.25, 0.3) is 10.2 Å². The highest BCUT2D eigenvalue weighted by molar-refractivity contribution is 7.16. The second-order valence-electron chi connectivity index (χ2n) is 3.48. The van der Waals surface area contributed by atoms with Crippen molar-refractivity contribution in [3.63, 3.8) is 0 Å². The molecule has 0 atom stereocenters. The fourth-order valence-electron chi connectivity index (χ4n) is 1.42. The van der Waals surface area contributed by atoms with Crippen LogP contribution >= 0.6 is 11.3 Å². The zero-order chi connectivity index (χ0) is 9.42. The lowest BCUT2D eigenvalue weighted by atomic mass is 10.0. The molecule has 0 aliphatic heterocycles. The third kappa shape index (κ3) is 1.33. The molecule has 2 aromatic rings. The van der Waals surface area contributed by atoms with Crippen LogP contribution in [0.5, 0.6) is 0 Å². The van der Waals surface area contributed by atoms with Gasteiger partial charge in [0.1, 0.15) is 0 Å². The Bertz CT molecular complexity index is 431. The van der Waals surface area contributed by atoms with Gasteiger partial charge in [0.25, 0.3) is 0 Å². The van der Waals surface area contributed by atoms with Crippen molar-refractivity contribution in [2.45, 2.75) is 26.7 Å². The molecule has 0 spiro atoms. The van der Waals surface area contributed by atoms with Crippen molar-refractivity contribution in [2.24, 2.45) is 0 Å². The van der Waals surface area contributed by atoms with E-state index in [2.05, 4.69) is 23.8 Å². The third-order valence-electron chi connectivity index (χ3n) is 2.19. The maximum atomic E-state index is 4.38. The van der Waals surface area contributed by atoms with Gasteiger partial charge in [-0.2, -0.15) is 0 Å². The Labute approximate surface area is 81.7 Å². The lowest BCUT2D eigenvalue weighted by molar-refractivity contribution is 0.864. The van der Waals surface area contributed by atoms with E-state index in [4.69, 9.17) is 0 Å². The minimum absolute atomic E-state index is 0.498. The molecular weight excluding hydrogens is 180 g/mol. The molecule has 2 rings (SSSR count). The van der Waals surface area contributed by atoms with Crippen LogP contribution in [-0.4, -0.2) is 9.97 Å². The highest BCUT2D eigenvalue weighted by atomic mass is 32.1. The van der Waals surface area contributed by atoms with Crippen LogP contribution in [0.4, 0.5) is 0 Å². The second kappa shape index (κ2) is 3.07. The summed E-state index contributed by atoms with van der Waals surface area (Å²) >= 11 is 1.67. The molecule has 68 valence electrons. The number of aromatic nitrogens is 2. The average molecular weight is 192 g/mol. The number of hydrogen-bond donors (Lipinski definition) is 0. The Balaban J connectivity index is 2.78. The summed E-state index contributed by atoms with van der Waals surface area (Å²) in [6, 6.07) is 0. The van der Waals surface area contributed by atoms with Gasteiger partial charge in [-0.3, -0.25) is 4.98 Å². The molecule has 0 unspecified atom stereocenters. The summed E-state index contributed by atoms with van der Waals surface area (Å²) in [5.74, 6) is 0.498. The number of aryl methyl sites for hydroxylation is 1. The third-order valence-corrected chi connectivity index (χ3v) is 3.12. The van der Waals surface area contributed by atoms with E-state index >= 15 is 0 Å². The summed E-state index contributed by atoms with van der Waals surface area (Å²) in [5, 5.41) is 0. The van der Waals surface area contributed by atoms with E-state index < -0.39 is 0 Å². The first-order chi connectivity index (χ1) is 6.20. The standard InChI is InChI=1S/C10H12N2S/c1-6(2)8-4-11-7(3)10-9(8)12-5-13-10/h4-6H,1-3H3. The Morgan fingerprint density at radius 2 is 2.08 bits per heavy atom. The van der Waals surface area contributed by atoms with Crippen LogP contribution < -0.4 is 0 Å². The Morgan fingerprint density at radius 1 is 1.31 bits per heavy atom. The van der Waals surface area contributed by atoms with Gasteiger partial charge in [-0.05, 0) is 12.8 Å². The van der Waals surface area contributed by atoms with Crippen LogP contribution in [0.3, 0.4) is 0 Å². The number of nitrogens with zero attached hydrogens (tertiary/aromatic N) is 2. The summed E-state index contributed by atoms with van der Waals surface area (Å²) in [6.07, 6.45) is 1.95. The molecule has 0 fully saturated rings. The van der Waals surface area contributed by atoms with Crippen LogP contribution in [-0.2, 0) is 0 Å². The van der Waals surface area contributed by atoms with Crippen LogP contribution in [0.1, 0.15) is 31.0 Å². The van der Waals surface area contributed by atoms with Crippen molar-refractivity contribution >= 4 is 21.6 Å². The van der Waals surface area contributed by atoms with Gasteiger partial charge in [-0.25, -0.2) is 4.98 Å². The molecule has 3 heteroatoms. The van der Waals surface area contributed by atoms with Crippen LogP contribution in [0.15, 0.2) is 11.7 Å². The molecule has 0 bridgehead atoms. The summed E-state index contributed by atoms with van der Waals surface area (Å²) < 4.78 is 1.23. The monoisotopic (exact) mass is 192 g/mol. The smallest absolute Gasteiger partial charge is 0.0880 e. The van der Waals surface area contributed by atoms with E-state index in [0.717, 1.165) is 11.2 Å². The highest BCUT2D eigenvalue weighted by Gasteiger charge is 2.09. The lowest BCUT2D eigenvalue weighted by Gasteiger charge is -2.05. The van der Waals surface area contributed by atoms with Crippen molar-refractivity contribution in [3.8, 4) is 0 Å². The van der Waals surface area contributed by atoms with Gasteiger partial charge in [0.2, 0.25) is 0 Å². The van der Waals surface area contributed by atoms with Crippen molar-refractivity contribution in [1.29, 1.82) is 0 Å². The van der Waals surface area contributed by atoms with Gasteiger partial charge in [-0.15, -0.1) is 11.3 Å². The molecular formula is C10H12N2S. The van der Waals surface area contributed by atoms with E-state index in [-0.39, 0.29) is 0 Å². The van der Waals surface area contributed by atoms with Gasteiger partial charge in [0.15, 0.2) is 0 Å². The molecule has 2 nitrogen and oxygen atoms in total. The molecule has 0 aromatic carbocycles. The number of thiazole rings is 1. The highest BCUT2D eigenvalue weighted by Crippen LogP contribution is 2.27. The molecule has 0 amide bonds. The molecule has 0 N–H and O–H groups in total. The molecule has 0 saturated heterocycles. The summed E-state index contributed by atoms with van der Waals surface area (Å²) in [5.41, 5.74) is 5.36. The van der Waals surface area contributed by atoms with Gasteiger partial charge in [0, 0.05) is 11.8 Å². The van der Waals surface area contributed by atoms with Gasteiger partial charge in [0.05, 0.1) is 21.4 Å². The summed E-state index contributed by atoms with van der Waals surface area (Å²) in [6.45, 7) is 6.38. The van der Waals surface area contributed by atoms with Crippen molar-refractivity contribution in [3.05, 3.63) is 23.0 Å². The minimum Gasteiger partial charge on any atom is -0.260 e. The van der Waals surface area contributed by atoms with Gasteiger partial charge < -0.3 is 0 Å². The van der Waals surface area contributed by atoms with E-state index in [9.17, 15) is 0 Å². The van der Waals surface area contributed by atoms with Crippen molar-refractivity contribution in [1.82, 2.24) is 9.97 Å². The quantitative estimate of drug-likeness (QED) is 0.693. The fraction of sp³-hybridized carbons (Fsp3) is 0.400. The predicted molar refractivity (Wildman–Crippen MR) is 56.2 cm³/mol. The van der Waals surface area contributed by atoms with Gasteiger partial charge >= 0.3 is 0 Å². The Hall–Kier alpha value is -0.960. The maximum absolute atomic E-state index is 4.38. The first-order valence-corrected chi connectivity index (χ1v) is 5.27. The predicted octanol–water partition coefficient (Wildman–Crippen LogP) is 3.12. The van der Waals surface area contributed by atoms with Crippen molar-refractivity contribution in [2.75, 3.05) is 0 Å². The number of rotatable bonds is 1. The molecule has 0 aliphatic rings. The normalized spacial score (nSPS) is 11.4. The summed E-state index contributed by atoms with van der Waals surface area (Å²) in [7, 11) is 0. The zero-order valence-corrected chi connectivity index (χ0v) is 8.85. The number of fused-ring (bicyclic) bond motifs is 1. The van der Waals surface area contributed by atoms with Crippen LogP contribution in [0, 0.1) is 6.92 Å². The molecule has 13 heavy (non-hydrogen) atoms. The SMILES string of the molecule is Cc1ncc(C(C)C)c2ncsc12. The molecule has 2 aromatic heterocycles. The maximum Gasteiger partial charge on any atom is 0.0880 e. The first kappa shape index (κ1) is 8.63. The van der Waals surface area contributed by atoms with E-state index in [0.29, 0.717) is 5.92 Å². The van der Waals surface area contributed by atoms with Gasteiger partial charge in [-0.1, -0.05) is 13.8 Å². The summed E-state index contributed by atoms with van der Waals surface area (Å²) in [4.78, 5) is 8.75. The second-order valence-corrected chi connectivity index (χ2v) is 4.34. The lowest BCUT2D eigenvalue weighted by Crippen LogP contribution is -1.92. The van der Waals surface area contributed by atoms with Crippen LogP contribution in [0.2, 0.25) is 0 Å². The largest absolute Gasteiger partial charge is 0.260 e. The fourth-order valence-corrected chi connectivity index (χ4v) is 2.19. The van der Waals surface area contributed by atoms with E-state index in [1.807, 2.05) is 18.6 Å². The molecule has 0 aliphatic carbocycles. The number of pyridine rings is 1. The number of hydrogen-bond acceptors (Lipinski definition) is 3. The molecule has 0 saturated carbocycles. The molecule has 2 heterocycles. The zero-order valence-electron chi connectivity index (χ0n) is 8.03. The molecule has 0 radical (unpaired) electrons. The van der Waals surface area contributed by atoms with E-state index in [1.165, 1.54) is 10.3 Å².